The molecule has 0 aliphatic carbocycles. The lowest BCUT2D eigenvalue weighted by Crippen LogP contribution is -2.13. The first-order valence-electron chi connectivity index (χ1n) is 7.61. The van der Waals surface area contributed by atoms with E-state index in [1.54, 1.807) is 24.2 Å². The maximum absolute atomic E-state index is 5.70. The Morgan fingerprint density at radius 3 is 2.67 bits per heavy atom. The average Bonchev–Trinajstić information content (AvgIpc) is 3.02. The fraction of sp³-hybridized carbons (Fsp3) is 0.235. The van der Waals surface area contributed by atoms with Crippen molar-refractivity contribution in [2.75, 3.05) is 19.0 Å². The monoisotopic (exact) mass is 324 g/mol. The van der Waals surface area contributed by atoms with Gasteiger partial charge in [-0.2, -0.15) is 5.10 Å². The standard InChI is InChI=1S/C17H20N6O/c1-23-11-14(10-20-23)21-17-19-8-7-15(22-17)12-3-5-13(6-4-12)16(9-18)24-2/h3-8,10-11,16H,9,18H2,1-2H3,(H,19,21,22). The number of methoxy groups -OCH3 is 1. The lowest BCUT2D eigenvalue weighted by molar-refractivity contribution is 0.110. The summed E-state index contributed by atoms with van der Waals surface area (Å²) in [6.07, 6.45) is 5.23. The molecule has 2 aromatic heterocycles. The number of rotatable bonds is 6. The van der Waals surface area contributed by atoms with Crippen molar-refractivity contribution in [2.24, 2.45) is 12.8 Å². The third-order valence-corrected chi connectivity index (χ3v) is 3.69. The Balaban J connectivity index is 1.80. The third-order valence-electron chi connectivity index (χ3n) is 3.69. The molecule has 3 aromatic rings. The summed E-state index contributed by atoms with van der Waals surface area (Å²) in [5, 5.41) is 7.25. The Morgan fingerprint density at radius 1 is 1.25 bits per heavy atom. The molecule has 0 amide bonds. The van der Waals surface area contributed by atoms with Crippen LogP contribution < -0.4 is 11.1 Å². The number of anilines is 2. The molecule has 0 radical (unpaired) electrons. The minimum absolute atomic E-state index is 0.0905. The maximum atomic E-state index is 5.70. The third kappa shape index (κ3) is 3.58. The molecule has 1 unspecified atom stereocenters. The Bertz CT molecular complexity index is 795. The molecule has 0 saturated carbocycles. The zero-order valence-corrected chi connectivity index (χ0v) is 13.7. The molecule has 1 atom stereocenters. The quantitative estimate of drug-likeness (QED) is 0.723. The molecule has 0 bridgehead atoms. The zero-order valence-electron chi connectivity index (χ0n) is 13.7. The van der Waals surface area contributed by atoms with E-state index in [0.717, 1.165) is 22.5 Å². The van der Waals surface area contributed by atoms with Crippen molar-refractivity contribution in [3.63, 3.8) is 0 Å². The van der Waals surface area contributed by atoms with Gasteiger partial charge in [-0.15, -0.1) is 0 Å². The van der Waals surface area contributed by atoms with Crippen LogP contribution in [0.2, 0.25) is 0 Å². The molecule has 0 saturated heterocycles. The summed E-state index contributed by atoms with van der Waals surface area (Å²) in [4.78, 5) is 8.79. The van der Waals surface area contributed by atoms with Crippen LogP contribution in [-0.2, 0) is 11.8 Å². The van der Waals surface area contributed by atoms with Crippen molar-refractivity contribution >= 4 is 11.6 Å². The number of nitrogens with two attached hydrogens (primary N) is 1. The summed E-state index contributed by atoms with van der Waals surface area (Å²) in [5.41, 5.74) is 9.43. The van der Waals surface area contributed by atoms with Gasteiger partial charge in [0, 0.05) is 38.7 Å². The first-order chi connectivity index (χ1) is 11.7. The van der Waals surface area contributed by atoms with E-state index < -0.39 is 0 Å². The van der Waals surface area contributed by atoms with Gasteiger partial charge in [0.05, 0.1) is 23.7 Å². The van der Waals surface area contributed by atoms with E-state index in [4.69, 9.17) is 10.5 Å². The molecule has 1 aromatic carbocycles. The molecular weight excluding hydrogens is 304 g/mol. The number of nitrogens with one attached hydrogen (secondary N) is 1. The van der Waals surface area contributed by atoms with E-state index in [2.05, 4.69) is 20.4 Å². The minimum Gasteiger partial charge on any atom is -0.375 e. The Morgan fingerprint density at radius 2 is 2.04 bits per heavy atom. The molecule has 7 nitrogen and oxygen atoms in total. The lowest BCUT2D eigenvalue weighted by atomic mass is 10.1. The van der Waals surface area contributed by atoms with E-state index in [0.29, 0.717) is 12.5 Å². The van der Waals surface area contributed by atoms with Crippen LogP contribution in [0.25, 0.3) is 11.3 Å². The highest BCUT2D eigenvalue weighted by Crippen LogP contribution is 2.22. The van der Waals surface area contributed by atoms with E-state index >= 15 is 0 Å². The predicted molar refractivity (Wildman–Crippen MR) is 92.8 cm³/mol. The fourth-order valence-electron chi connectivity index (χ4n) is 2.43. The predicted octanol–water partition coefficient (Wildman–Crippen LogP) is 2.27. The van der Waals surface area contributed by atoms with Gasteiger partial charge in [0.2, 0.25) is 5.95 Å². The first kappa shape index (κ1) is 16.1. The van der Waals surface area contributed by atoms with Gasteiger partial charge < -0.3 is 15.8 Å². The Hall–Kier alpha value is -2.77. The summed E-state index contributed by atoms with van der Waals surface area (Å²) >= 11 is 0. The van der Waals surface area contributed by atoms with E-state index in [9.17, 15) is 0 Å². The van der Waals surface area contributed by atoms with Crippen LogP contribution in [0.5, 0.6) is 0 Å². The van der Waals surface area contributed by atoms with Gasteiger partial charge in [0.15, 0.2) is 0 Å². The zero-order chi connectivity index (χ0) is 16.9. The summed E-state index contributed by atoms with van der Waals surface area (Å²) in [6, 6.07) is 9.90. The highest BCUT2D eigenvalue weighted by molar-refractivity contribution is 5.62. The van der Waals surface area contributed by atoms with Gasteiger partial charge in [-0.1, -0.05) is 24.3 Å². The number of hydrogen-bond acceptors (Lipinski definition) is 6. The van der Waals surface area contributed by atoms with Crippen molar-refractivity contribution < 1.29 is 4.74 Å². The summed E-state index contributed by atoms with van der Waals surface area (Å²) in [7, 11) is 3.52. The van der Waals surface area contributed by atoms with Crippen molar-refractivity contribution in [2.45, 2.75) is 6.10 Å². The average molecular weight is 324 g/mol. The van der Waals surface area contributed by atoms with Crippen LogP contribution in [0.15, 0.2) is 48.9 Å². The molecular formula is C17H20N6O. The van der Waals surface area contributed by atoms with Gasteiger partial charge in [-0.05, 0) is 11.6 Å². The molecule has 124 valence electrons. The number of aryl methyl sites for hydroxylation is 1. The van der Waals surface area contributed by atoms with Crippen LogP contribution in [-0.4, -0.2) is 33.4 Å². The molecule has 2 heterocycles. The second kappa shape index (κ2) is 7.20. The van der Waals surface area contributed by atoms with Crippen LogP contribution in [0.1, 0.15) is 11.7 Å². The lowest BCUT2D eigenvalue weighted by Gasteiger charge is -2.13. The van der Waals surface area contributed by atoms with Crippen molar-refractivity contribution in [1.82, 2.24) is 19.7 Å². The normalized spacial score (nSPS) is 12.1. The highest BCUT2D eigenvalue weighted by atomic mass is 16.5. The molecule has 3 N–H and O–H groups in total. The number of aromatic nitrogens is 4. The van der Waals surface area contributed by atoms with Crippen LogP contribution >= 0.6 is 0 Å². The molecule has 0 fully saturated rings. The fourth-order valence-corrected chi connectivity index (χ4v) is 2.43. The van der Waals surface area contributed by atoms with Crippen LogP contribution in [0, 0.1) is 0 Å². The van der Waals surface area contributed by atoms with Gasteiger partial charge in [0.1, 0.15) is 0 Å². The highest BCUT2D eigenvalue weighted by Gasteiger charge is 2.09. The number of ether oxygens (including phenoxy) is 1. The SMILES string of the molecule is COC(CN)c1ccc(-c2ccnc(Nc3cnn(C)c3)n2)cc1. The minimum atomic E-state index is -0.0905. The topological polar surface area (TPSA) is 90.9 Å². The summed E-state index contributed by atoms with van der Waals surface area (Å²) < 4.78 is 7.07. The van der Waals surface area contributed by atoms with Gasteiger partial charge in [0.25, 0.3) is 0 Å². The first-order valence-corrected chi connectivity index (χ1v) is 7.61. The maximum Gasteiger partial charge on any atom is 0.227 e. The van der Waals surface area contributed by atoms with Crippen molar-refractivity contribution in [3.05, 3.63) is 54.5 Å². The van der Waals surface area contributed by atoms with Gasteiger partial charge in [-0.3, -0.25) is 4.68 Å². The van der Waals surface area contributed by atoms with E-state index in [-0.39, 0.29) is 6.10 Å². The molecule has 24 heavy (non-hydrogen) atoms. The van der Waals surface area contributed by atoms with E-state index in [1.165, 1.54) is 0 Å². The number of hydrogen-bond donors (Lipinski definition) is 2. The number of nitrogens with zero attached hydrogens (tertiary/aromatic N) is 4. The van der Waals surface area contributed by atoms with Crippen LogP contribution in [0.4, 0.5) is 11.6 Å². The smallest absolute Gasteiger partial charge is 0.227 e. The van der Waals surface area contributed by atoms with Crippen LogP contribution in [0.3, 0.4) is 0 Å². The second-order valence-corrected chi connectivity index (χ2v) is 5.38. The van der Waals surface area contributed by atoms with Gasteiger partial charge in [-0.25, -0.2) is 9.97 Å². The molecule has 0 spiro atoms. The largest absolute Gasteiger partial charge is 0.375 e. The molecule has 3 rings (SSSR count). The molecule has 0 aliphatic rings. The summed E-state index contributed by atoms with van der Waals surface area (Å²) in [5.74, 6) is 0.529. The van der Waals surface area contributed by atoms with Crippen molar-refractivity contribution in [1.29, 1.82) is 0 Å². The van der Waals surface area contributed by atoms with Gasteiger partial charge >= 0.3 is 0 Å². The molecule has 0 aliphatic heterocycles. The second-order valence-electron chi connectivity index (χ2n) is 5.38. The Labute approximate surface area is 140 Å². The summed E-state index contributed by atoms with van der Waals surface area (Å²) in [6.45, 7) is 0.447. The molecule has 7 heteroatoms. The van der Waals surface area contributed by atoms with E-state index in [1.807, 2.05) is 43.6 Å². The Kier molecular flexibility index (Phi) is 4.83. The number of benzene rings is 1. The van der Waals surface area contributed by atoms with Crippen molar-refractivity contribution in [3.8, 4) is 11.3 Å².